The average molecular weight is 534 g/mol. The molecule has 3 fully saturated rings. The second-order valence-corrected chi connectivity index (χ2v) is 14.4. The van der Waals surface area contributed by atoms with E-state index in [0.717, 1.165) is 25.7 Å². The molecular formula is C28H47N5O5. The maximum Gasteiger partial charge on any atom is 0.315 e. The van der Waals surface area contributed by atoms with E-state index in [2.05, 4.69) is 29.8 Å². The summed E-state index contributed by atoms with van der Waals surface area (Å²) in [7, 11) is 0. The molecule has 10 nitrogen and oxygen atoms in total. The number of nitrogens with zero attached hydrogens (tertiary/aromatic N) is 1. The van der Waals surface area contributed by atoms with Gasteiger partial charge in [-0.2, -0.15) is 0 Å². The Morgan fingerprint density at radius 2 is 1.61 bits per heavy atom. The number of likely N-dealkylation sites (tertiary alicyclic amines) is 1. The SMILES string of the molecule is CC(C)(C)NC(=O)N[C@H](C(=O)N1C[C@H]2[C@H](CC2(C)C)[C@H]1C(=O)N[C@H](CC1CCC1)C(=O)C(N)=O)C(C)(C)C. The highest BCUT2D eigenvalue weighted by Gasteiger charge is 2.61. The molecule has 2 aliphatic carbocycles. The van der Waals surface area contributed by atoms with E-state index < -0.39 is 52.7 Å². The Morgan fingerprint density at radius 1 is 1.00 bits per heavy atom. The van der Waals surface area contributed by atoms with Crippen LogP contribution in [0, 0.1) is 28.6 Å². The lowest BCUT2D eigenvalue weighted by molar-refractivity contribution is -0.144. The third kappa shape index (κ3) is 6.49. The molecule has 0 aromatic carbocycles. The summed E-state index contributed by atoms with van der Waals surface area (Å²) in [5, 5.41) is 8.49. The van der Waals surface area contributed by atoms with Gasteiger partial charge in [0, 0.05) is 12.1 Å². The quantitative estimate of drug-likeness (QED) is 0.352. The molecule has 5 atom stereocenters. The molecule has 0 radical (unpaired) electrons. The summed E-state index contributed by atoms with van der Waals surface area (Å²) in [5.41, 5.74) is 4.14. The Morgan fingerprint density at radius 3 is 2.05 bits per heavy atom. The van der Waals surface area contributed by atoms with Crippen LogP contribution in [0.3, 0.4) is 0 Å². The lowest BCUT2D eigenvalue weighted by Crippen LogP contribution is -2.62. The highest BCUT2D eigenvalue weighted by Crippen LogP contribution is 2.57. The molecule has 214 valence electrons. The molecular weight excluding hydrogens is 486 g/mol. The third-order valence-corrected chi connectivity index (χ3v) is 8.52. The molecule has 5 amide bonds. The Balaban J connectivity index is 1.86. The number of nitrogens with two attached hydrogens (primary N) is 1. The monoisotopic (exact) mass is 533 g/mol. The highest BCUT2D eigenvalue weighted by atomic mass is 16.2. The van der Waals surface area contributed by atoms with Crippen molar-refractivity contribution in [2.45, 2.75) is 111 Å². The molecule has 2 saturated carbocycles. The van der Waals surface area contributed by atoms with Crippen LogP contribution in [-0.2, 0) is 19.2 Å². The summed E-state index contributed by atoms with van der Waals surface area (Å²) in [6, 6.07) is -3.12. The summed E-state index contributed by atoms with van der Waals surface area (Å²) in [6.07, 6.45) is 4.08. The molecule has 3 rings (SSSR count). The summed E-state index contributed by atoms with van der Waals surface area (Å²) < 4.78 is 0. The molecule has 0 unspecified atom stereocenters. The van der Waals surface area contributed by atoms with E-state index in [4.69, 9.17) is 5.73 Å². The normalized spacial score (nSPS) is 26.2. The second kappa shape index (κ2) is 10.5. The van der Waals surface area contributed by atoms with Crippen LogP contribution in [0.2, 0.25) is 0 Å². The fourth-order valence-corrected chi connectivity index (χ4v) is 6.20. The number of primary amides is 1. The van der Waals surface area contributed by atoms with E-state index in [1.807, 2.05) is 41.5 Å². The molecule has 3 aliphatic rings. The van der Waals surface area contributed by atoms with Gasteiger partial charge in [-0.05, 0) is 62.2 Å². The average Bonchev–Trinajstić information content (AvgIpc) is 3.05. The number of carbonyl (C=O) groups excluding carboxylic acids is 5. The van der Waals surface area contributed by atoms with Crippen molar-refractivity contribution in [3.05, 3.63) is 0 Å². The first-order valence-electron chi connectivity index (χ1n) is 13.8. The van der Waals surface area contributed by atoms with Gasteiger partial charge in [0.2, 0.25) is 17.6 Å². The van der Waals surface area contributed by atoms with Crippen molar-refractivity contribution >= 4 is 29.5 Å². The van der Waals surface area contributed by atoms with Crippen LogP contribution < -0.4 is 21.7 Å². The van der Waals surface area contributed by atoms with E-state index in [0.29, 0.717) is 13.0 Å². The van der Waals surface area contributed by atoms with Crippen molar-refractivity contribution in [1.82, 2.24) is 20.9 Å². The zero-order valence-corrected chi connectivity index (χ0v) is 24.3. The molecule has 5 N–H and O–H groups in total. The summed E-state index contributed by atoms with van der Waals surface area (Å²) in [4.78, 5) is 66.5. The molecule has 0 aromatic rings. The molecule has 1 aliphatic heterocycles. The van der Waals surface area contributed by atoms with Gasteiger partial charge in [0.25, 0.3) is 5.91 Å². The van der Waals surface area contributed by atoms with Crippen molar-refractivity contribution < 1.29 is 24.0 Å². The van der Waals surface area contributed by atoms with Crippen molar-refractivity contribution in [2.24, 2.45) is 34.3 Å². The minimum atomic E-state index is -1.07. The number of amides is 5. The van der Waals surface area contributed by atoms with Crippen LogP contribution in [0.4, 0.5) is 4.79 Å². The van der Waals surface area contributed by atoms with Crippen molar-refractivity contribution in [2.75, 3.05) is 6.54 Å². The first kappa shape index (κ1) is 29.9. The van der Waals surface area contributed by atoms with Crippen LogP contribution in [0.1, 0.15) is 87.5 Å². The van der Waals surface area contributed by atoms with Gasteiger partial charge < -0.3 is 26.6 Å². The van der Waals surface area contributed by atoms with E-state index >= 15 is 0 Å². The molecule has 0 bridgehead atoms. The molecule has 38 heavy (non-hydrogen) atoms. The predicted molar refractivity (Wildman–Crippen MR) is 144 cm³/mol. The number of hydrogen-bond donors (Lipinski definition) is 4. The fourth-order valence-electron chi connectivity index (χ4n) is 6.20. The Hall–Kier alpha value is -2.65. The minimum absolute atomic E-state index is 0.0408. The fraction of sp³-hybridized carbons (Fsp3) is 0.821. The number of fused-ring (bicyclic) bond motifs is 1. The number of carbonyl (C=O) groups is 5. The topological polar surface area (TPSA) is 151 Å². The lowest BCUT2D eigenvalue weighted by Gasteiger charge is -2.48. The zero-order chi connectivity index (χ0) is 28.8. The van der Waals surface area contributed by atoms with Crippen LogP contribution >= 0.6 is 0 Å². The van der Waals surface area contributed by atoms with Gasteiger partial charge in [0.15, 0.2) is 0 Å². The third-order valence-electron chi connectivity index (χ3n) is 8.52. The molecule has 0 spiro atoms. The Kier molecular flexibility index (Phi) is 8.25. The van der Waals surface area contributed by atoms with Crippen LogP contribution in [0.15, 0.2) is 0 Å². The van der Waals surface area contributed by atoms with Crippen LogP contribution in [0.25, 0.3) is 0 Å². The largest absolute Gasteiger partial charge is 0.363 e. The van der Waals surface area contributed by atoms with Crippen LogP contribution in [0.5, 0.6) is 0 Å². The van der Waals surface area contributed by atoms with Gasteiger partial charge in [-0.3, -0.25) is 19.2 Å². The first-order chi connectivity index (χ1) is 17.3. The van der Waals surface area contributed by atoms with E-state index in [1.165, 1.54) is 0 Å². The Labute approximate surface area is 226 Å². The first-order valence-corrected chi connectivity index (χ1v) is 13.8. The van der Waals surface area contributed by atoms with E-state index in [1.54, 1.807) is 4.90 Å². The van der Waals surface area contributed by atoms with Gasteiger partial charge >= 0.3 is 6.03 Å². The second-order valence-electron chi connectivity index (χ2n) is 14.4. The zero-order valence-electron chi connectivity index (χ0n) is 24.3. The number of ketones is 1. The smallest absolute Gasteiger partial charge is 0.315 e. The minimum Gasteiger partial charge on any atom is -0.363 e. The van der Waals surface area contributed by atoms with Gasteiger partial charge in [0.1, 0.15) is 12.1 Å². The molecule has 0 aromatic heterocycles. The van der Waals surface area contributed by atoms with Gasteiger partial charge in [-0.1, -0.05) is 53.9 Å². The van der Waals surface area contributed by atoms with Crippen molar-refractivity contribution in [3.8, 4) is 0 Å². The molecule has 10 heteroatoms. The predicted octanol–water partition coefficient (Wildman–Crippen LogP) is 2.10. The van der Waals surface area contributed by atoms with Crippen molar-refractivity contribution in [1.29, 1.82) is 0 Å². The summed E-state index contributed by atoms with van der Waals surface area (Å²) in [5.74, 6) is -2.33. The molecule has 1 heterocycles. The summed E-state index contributed by atoms with van der Waals surface area (Å²) in [6.45, 7) is 15.8. The van der Waals surface area contributed by atoms with E-state index in [-0.39, 0.29) is 29.1 Å². The number of rotatable bonds is 8. The summed E-state index contributed by atoms with van der Waals surface area (Å²) >= 11 is 0. The van der Waals surface area contributed by atoms with Gasteiger partial charge in [0.05, 0.1) is 6.04 Å². The molecule has 1 saturated heterocycles. The Bertz CT molecular complexity index is 975. The lowest BCUT2D eigenvalue weighted by atomic mass is 9.55. The number of hydrogen-bond acceptors (Lipinski definition) is 5. The number of nitrogens with one attached hydrogen (secondary N) is 3. The van der Waals surface area contributed by atoms with Crippen molar-refractivity contribution in [3.63, 3.8) is 0 Å². The number of Topliss-reactive ketones (excluding diaryl/α,β-unsaturated/α-hetero) is 1. The maximum atomic E-state index is 14.1. The van der Waals surface area contributed by atoms with E-state index in [9.17, 15) is 24.0 Å². The maximum absolute atomic E-state index is 14.1. The highest BCUT2D eigenvalue weighted by molar-refractivity contribution is 6.37. The number of urea groups is 1. The standard InChI is InChI=1S/C28H47N5O5/c1-26(2,3)21(31-25(38)32-27(4,5)6)24(37)33-14-17-16(13-28(17,7)8)19(33)23(36)30-18(20(34)22(29)35)12-15-10-9-11-15/h15-19,21H,9-14H2,1-8H3,(H2,29,35)(H,30,36)(H2,31,32,38)/t16-,17-,18+,19-,21+/m0/s1. The van der Waals surface area contributed by atoms with Crippen LogP contribution in [-0.4, -0.2) is 64.6 Å². The van der Waals surface area contributed by atoms with Gasteiger partial charge in [-0.25, -0.2) is 4.79 Å². The van der Waals surface area contributed by atoms with Gasteiger partial charge in [-0.15, -0.1) is 0 Å².